The molecule has 2 rings (SSSR count). The molecule has 1 nitrogen and oxygen atoms in total. The van der Waals surface area contributed by atoms with Gasteiger partial charge in [0.15, 0.2) is 0 Å². The first-order valence-electron chi connectivity index (χ1n) is 5.27. The van der Waals surface area contributed by atoms with Gasteiger partial charge in [-0.2, -0.15) is 0 Å². The fourth-order valence-electron chi connectivity index (χ4n) is 1.65. The summed E-state index contributed by atoms with van der Waals surface area (Å²) >= 11 is 0. The lowest BCUT2D eigenvalue weighted by Crippen LogP contribution is -2.02. The Balaban J connectivity index is 2.36. The summed E-state index contributed by atoms with van der Waals surface area (Å²) in [7, 11) is 0. The maximum Gasteiger partial charge on any atom is 0.132 e. The topological polar surface area (TPSA) is 20.2 Å². The van der Waals surface area contributed by atoms with Gasteiger partial charge >= 0.3 is 0 Å². The zero-order valence-corrected chi connectivity index (χ0v) is 9.32. The lowest BCUT2D eigenvalue weighted by atomic mass is 10.00. The average molecular weight is 234 g/mol. The van der Waals surface area contributed by atoms with E-state index in [2.05, 4.69) is 0 Å². The molecule has 0 spiro atoms. The number of aliphatic hydroxyl groups is 1. The van der Waals surface area contributed by atoms with E-state index in [-0.39, 0.29) is 5.56 Å². The molecule has 2 aromatic rings. The van der Waals surface area contributed by atoms with Crippen molar-refractivity contribution < 1.29 is 13.9 Å². The van der Waals surface area contributed by atoms with Gasteiger partial charge in [0.25, 0.3) is 0 Å². The van der Waals surface area contributed by atoms with Gasteiger partial charge in [0, 0.05) is 11.6 Å². The van der Waals surface area contributed by atoms with Gasteiger partial charge in [-0.3, -0.25) is 0 Å². The number of aliphatic hydroxyl groups excluding tert-OH is 1. The smallest absolute Gasteiger partial charge is 0.132 e. The van der Waals surface area contributed by atoms with Crippen molar-refractivity contribution in [3.63, 3.8) is 0 Å². The molecule has 0 amide bonds. The first-order valence-corrected chi connectivity index (χ1v) is 5.27. The van der Waals surface area contributed by atoms with Crippen molar-refractivity contribution in [2.75, 3.05) is 0 Å². The second-order valence-electron chi connectivity index (χ2n) is 3.98. The van der Waals surface area contributed by atoms with Gasteiger partial charge in [-0.05, 0) is 18.6 Å². The Morgan fingerprint density at radius 2 is 1.65 bits per heavy atom. The summed E-state index contributed by atoms with van der Waals surface area (Å²) in [6.07, 6.45) is -1.07. The van der Waals surface area contributed by atoms with Gasteiger partial charge in [-0.25, -0.2) is 8.78 Å². The van der Waals surface area contributed by atoms with E-state index in [1.165, 1.54) is 6.07 Å². The molecule has 17 heavy (non-hydrogen) atoms. The standard InChI is InChI=1S/C14H12F2O/c1-9-2-4-10(5-3-9)14(17)12-7-6-11(15)8-13(12)16/h2-8,14,17H,1H3. The normalized spacial score (nSPS) is 12.5. The lowest BCUT2D eigenvalue weighted by molar-refractivity contribution is 0.214. The van der Waals surface area contributed by atoms with Crippen LogP contribution in [-0.2, 0) is 0 Å². The van der Waals surface area contributed by atoms with E-state index >= 15 is 0 Å². The molecular weight excluding hydrogens is 222 g/mol. The van der Waals surface area contributed by atoms with Crippen LogP contribution in [0.4, 0.5) is 8.78 Å². The van der Waals surface area contributed by atoms with Crippen molar-refractivity contribution in [2.45, 2.75) is 13.0 Å². The highest BCUT2D eigenvalue weighted by atomic mass is 19.1. The predicted octanol–water partition coefficient (Wildman–Crippen LogP) is 3.35. The van der Waals surface area contributed by atoms with Crippen LogP contribution in [0.15, 0.2) is 42.5 Å². The quantitative estimate of drug-likeness (QED) is 0.844. The fraction of sp³-hybridized carbons (Fsp3) is 0.143. The molecule has 0 aliphatic carbocycles. The van der Waals surface area contributed by atoms with Crippen molar-refractivity contribution in [1.29, 1.82) is 0 Å². The van der Waals surface area contributed by atoms with Gasteiger partial charge < -0.3 is 5.11 Å². The second kappa shape index (κ2) is 4.63. The molecule has 0 bridgehead atoms. The van der Waals surface area contributed by atoms with Gasteiger partial charge in [0.2, 0.25) is 0 Å². The molecule has 0 fully saturated rings. The Kier molecular flexibility index (Phi) is 3.20. The fourth-order valence-corrected chi connectivity index (χ4v) is 1.65. The molecule has 0 saturated heterocycles. The Hall–Kier alpha value is -1.74. The van der Waals surface area contributed by atoms with Crippen LogP contribution in [0.3, 0.4) is 0 Å². The third kappa shape index (κ3) is 2.50. The van der Waals surface area contributed by atoms with Crippen LogP contribution in [-0.4, -0.2) is 5.11 Å². The highest BCUT2D eigenvalue weighted by molar-refractivity contribution is 5.32. The number of aryl methyl sites for hydroxylation is 1. The summed E-state index contributed by atoms with van der Waals surface area (Å²) in [5.41, 5.74) is 1.72. The summed E-state index contributed by atoms with van der Waals surface area (Å²) in [6, 6.07) is 10.3. The van der Waals surface area contributed by atoms with Crippen LogP contribution in [0.5, 0.6) is 0 Å². The van der Waals surface area contributed by atoms with E-state index in [0.29, 0.717) is 5.56 Å². The number of hydrogen-bond acceptors (Lipinski definition) is 1. The van der Waals surface area contributed by atoms with E-state index in [4.69, 9.17) is 0 Å². The van der Waals surface area contributed by atoms with Crippen molar-refractivity contribution >= 4 is 0 Å². The van der Waals surface area contributed by atoms with Crippen LogP contribution in [0.1, 0.15) is 22.8 Å². The van der Waals surface area contributed by atoms with E-state index in [1.807, 2.05) is 19.1 Å². The predicted molar refractivity (Wildman–Crippen MR) is 61.6 cm³/mol. The minimum absolute atomic E-state index is 0.0789. The maximum atomic E-state index is 13.5. The molecule has 1 atom stereocenters. The van der Waals surface area contributed by atoms with Crippen molar-refractivity contribution in [1.82, 2.24) is 0 Å². The first-order chi connectivity index (χ1) is 8.08. The minimum atomic E-state index is -1.07. The van der Waals surface area contributed by atoms with Crippen LogP contribution in [0.2, 0.25) is 0 Å². The van der Waals surface area contributed by atoms with Crippen LogP contribution >= 0.6 is 0 Å². The summed E-state index contributed by atoms with van der Waals surface area (Å²) in [5.74, 6) is -1.39. The molecule has 3 heteroatoms. The molecule has 0 aliphatic heterocycles. The molecule has 2 aromatic carbocycles. The monoisotopic (exact) mass is 234 g/mol. The van der Waals surface area contributed by atoms with E-state index in [1.54, 1.807) is 12.1 Å². The average Bonchev–Trinajstić information content (AvgIpc) is 2.29. The van der Waals surface area contributed by atoms with E-state index in [0.717, 1.165) is 17.7 Å². The largest absolute Gasteiger partial charge is 0.384 e. The molecule has 0 saturated carbocycles. The number of benzene rings is 2. The number of halogens is 2. The van der Waals surface area contributed by atoms with Gasteiger partial charge in [0.05, 0.1) is 0 Å². The second-order valence-corrected chi connectivity index (χ2v) is 3.98. The third-order valence-electron chi connectivity index (χ3n) is 2.65. The van der Waals surface area contributed by atoms with E-state index < -0.39 is 17.7 Å². The molecule has 0 heterocycles. The zero-order valence-electron chi connectivity index (χ0n) is 9.32. The van der Waals surface area contributed by atoms with Gasteiger partial charge in [-0.1, -0.05) is 35.9 Å². The Labute approximate surface area is 98.3 Å². The minimum Gasteiger partial charge on any atom is -0.384 e. The molecule has 88 valence electrons. The molecule has 0 aliphatic rings. The summed E-state index contributed by atoms with van der Waals surface area (Å²) < 4.78 is 26.2. The maximum absolute atomic E-state index is 13.5. The van der Waals surface area contributed by atoms with Crippen molar-refractivity contribution in [3.05, 3.63) is 70.8 Å². The summed E-state index contributed by atoms with van der Waals surface area (Å²) in [5, 5.41) is 9.99. The Morgan fingerprint density at radius 1 is 1.00 bits per heavy atom. The van der Waals surface area contributed by atoms with E-state index in [9.17, 15) is 13.9 Å². The summed E-state index contributed by atoms with van der Waals surface area (Å²) in [4.78, 5) is 0. The Bertz CT molecular complexity index is 520. The van der Waals surface area contributed by atoms with Crippen LogP contribution in [0, 0.1) is 18.6 Å². The molecular formula is C14H12F2O. The molecule has 0 aromatic heterocycles. The molecule has 1 unspecified atom stereocenters. The highest BCUT2D eigenvalue weighted by Gasteiger charge is 2.15. The molecule has 1 N–H and O–H groups in total. The van der Waals surface area contributed by atoms with Crippen molar-refractivity contribution in [3.8, 4) is 0 Å². The van der Waals surface area contributed by atoms with Gasteiger partial charge in [0.1, 0.15) is 17.7 Å². The van der Waals surface area contributed by atoms with Crippen molar-refractivity contribution in [2.24, 2.45) is 0 Å². The number of rotatable bonds is 2. The number of hydrogen-bond donors (Lipinski definition) is 1. The third-order valence-corrected chi connectivity index (χ3v) is 2.65. The zero-order chi connectivity index (χ0) is 12.4. The van der Waals surface area contributed by atoms with Crippen LogP contribution in [0.25, 0.3) is 0 Å². The summed E-state index contributed by atoms with van der Waals surface area (Å²) in [6.45, 7) is 1.93. The van der Waals surface area contributed by atoms with Crippen LogP contribution < -0.4 is 0 Å². The highest BCUT2D eigenvalue weighted by Crippen LogP contribution is 2.24. The SMILES string of the molecule is Cc1ccc(C(O)c2ccc(F)cc2F)cc1. The first kappa shape index (κ1) is 11.7. The van der Waals surface area contributed by atoms with Gasteiger partial charge in [-0.15, -0.1) is 0 Å². The molecule has 0 radical (unpaired) electrons. The lowest BCUT2D eigenvalue weighted by Gasteiger charge is -2.12. The Morgan fingerprint density at radius 3 is 2.24 bits per heavy atom.